The van der Waals surface area contributed by atoms with Gasteiger partial charge in [0.15, 0.2) is 0 Å². The number of carbonyl (C=O) groups is 1. The molecule has 0 saturated heterocycles. The zero-order valence-electron chi connectivity index (χ0n) is 18.0. The number of hydrogen-bond donors (Lipinski definition) is 1. The maximum Gasteiger partial charge on any atom is 0.260 e. The summed E-state index contributed by atoms with van der Waals surface area (Å²) in [6.45, 7) is 3.39. The zero-order chi connectivity index (χ0) is 24.3. The predicted molar refractivity (Wildman–Crippen MR) is 135 cm³/mol. The van der Waals surface area contributed by atoms with Crippen molar-refractivity contribution in [3.63, 3.8) is 0 Å². The molecule has 1 N–H and O–H groups in total. The van der Waals surface area contributed by atoms with Crippen molar-refractivity contribution < 1.29 is 13.2 Å². The molecule has 174 valence electrons. The zero-order valence-corrected chi connectivity index (χ0v) is 21.1. The van der Waals surface area contributed by atoms with Gasteiger partial charge in [0, 0.05) is 27.7 Å². The van der Waals surface area contributed by atoms with Crippen molar-refractivity contribution in [2.45, 2.75) is 13.8 Å². The molecule has 3 rings (SSSR count). The molecular weight excluding hydrogens is 507 g/mol. The van der Waals surface area contributed by atoms with Crippen LogP contribution in [0.4, 0.5) is 5.69 Å². The molecule has 0 atom stereocenters. The van der Waals surface area contributed by atoms with E-state index < -0.39 is 22.5 Å². The summed E-state index contributed by atoms with van der Waals surface area (Å²) in [5, 5.41) is 5.26. The topological polar surface area (TPSA) is 83.8 Å². The largest absolute Gasteiger partial charge is 0.318 e. The molecule has 1 heterocycles. The quantitative estimate of drug-likeness (QED) is 0.348. The van der Waals surface area contributed by atoms with Crippen LogP contribution in [0.15, 0.2) is 53.6 Å². The molecule has 33 heavy (non-hydrogen) atoms. The number of halogens is 3. The summed E-state index contributed by atoms with van der Waals surface area (Å²) in [6.07, 6.45) is 2.51. The summed E-state index contributed by atoms with van der Waals surface area (Å²) in [5.74, 6) is -0.602. The van der Waals surface area contributed by atoms with Crippen LogP contribution in [0.3, 0.4) is 0 Å². The molecule has 1 amide bonds. The first-order valence-corrected chi connectivity index (χ1v) is 12.6. The van der Waals surface area contributed by atoms with Crippen molar-refractivity contribution in [2.75, 3.05) is 17.1 Å². The number of aryl methyl sites for hydroxylation is 1. The van der Waals surface area contributed by atoms with Gasteiger partial charge in [0.05, 0.1) is 28.2 Å². The normalized spacial score (nSPS) is 11.7. The molecule has 3 aromatic rings. The van der Waals surface area contributed by atoms with Gasteiger partial charge < -0.3 is 4.57 Å². The van der Waals surface area contributed by atoms with E-state index in [1.807, 2.05) is 30.5 Å². The molecule has 11 heteroatoms. The van der Waals surface area contributed by atoms with Crippen molar-refractivity contribution in [2.24, 2.45) is 5.10 Å². The van der Waals surface area contributed by atoms with Crippen molar-refractivity contribution in [3.8, 4) is 5.69 Å². The number of nitrogens with zero attached hydrogens (tertiary/aromatic N) is 3. The van der Waals surface area contributed by atoms with Gasteiger partial charge in [-0.3, -0.25) is 9.10 Å². The fourth-order valence-corrected chi connectivity index (χ4v) is 4.64. The summed E-state index contributed by atoms with van der Waals surface area (Å²) in [7, 11) is -3.71. The Hall–Kier alpha value is -2.52. The molecule has 0 radical (unpaired) electrons. The van der Waals surface area contributed by atoms with Crippen LogP contribution in [0.2, 0.25) is 15.1 Å². The van der Waals surface area contributed by atoms with Crippen LogP contribution in [0, 0.1) is 13.8 Å². The van der Waals surface area contributed by atoms with E-state index in [-0.39, 0.29) is 5.69 Å². The van der Waals surface area contributed by atoms with Crippen LogP contribution in [-0.2, 0) is 14.8 Å². The lowest BCUT2D eigenvalue weighted by Crippen LogP contribution is -2.39. The van der Waals surface area contributed by atoms with E-state index in [1.165, 1.54) is 12.3 Å². The van der Waals surface area contributed by atoms with Gasteiger partial charge in [-0.2, -0.15) is 5.10 Å². The van der Waals surface area contributed by atoms with E-state index in [4.69, 9.17) is 34.8 Å². The fourth-order valence-electron chi connectivity index (χ4n) is 3.31. The number of anilines is 1. The highest BCUT2D eigenvalue weighted by Gasteiger charge is 2.21. The van der Waals surface area contributed by atoms with Crippen molar-refractivity contribution in [1.82, 2.24) is 9.99 Å². The van der Waals surface area contributed by atoms with Gasteiger partial charge in [0.2, 0.25) is 10.0 Å². The lowest BCUT2D eigenvalue weighted by molar-refractivity contribution is -0.119. The van der Waals surface area contributed by atoms with Crippen molar-refractivity contribution in [3.05, 3.63) is 80.6 Å². The molecule has 0 unspecified atom stereocenters. The standard InChI is InChI=1S/C22H21Cl3N4O3S/c1-14-9-16(15(2)29(14)19-7-8-20(24)21(25)11-19)12-26-27-22(30)13-28(33(3,31)32)18-6-4-5-17(23)10-18/h4-12H,13H2,1-3H3,(H,27,30)/b26-12-. The first-order chi connectivity index (χ1) is 15.5. The average Bonchev–Trinajstić information content (AvgIpc) is 3.00. The van der Waals surface area contributed by atoms with E-state index >= 15 is 0 Å². The van der Waals surface area contributed by atoms with Gasteiger partial charge in [-0.05, 0) is 56.3 Å². The van der Waals surface area contributed by atoms with Gasteiger partial charge in [-0.25, -0.2) is 13.8 Å². The molecule has 0 fully saturated rings. The molecular formula is C22H21Cl3N4O3S. The molecule has 0 aliphatic heterocycles. The van der Waals surface area contributed by atoms with E-state index in [0.29, 0.717) is 15.1 Å². The highest BCUT2D eigenvalue weighted by molar-refractivity contribution is 7.92. The minimum atomic E-state index is -3.71. The first-order valence-electron chi connectivity index (χ1n) is 9.67. The highest BCUT2D eigenvalue weighted by Crippen LogP contribution is 2.27. The third-order valence-corrected chi connectivity index (χ3v) is 6.92. The number of aromatic nitrogens is 1. The highest BCUT2D eigenvalue weighted by atomic mass is 35.5. The Bertz CT molecular complexity index is 1340. The second-order valence-corrected chi connectivity index (χ2v) is 10.5. The Morgan fingerprint density at radius 1 is 1.09 bits per heavy atom. The first kappa shape index (κ1) is 25.1. The number of hydrazone groups is 1. The molecule has 2 aromatic carbocycles. The molecule has 0 aliphatic rings. The number of rotatable bonds is 7. The van der Waals surface area contributed by atoms with Crippen molar-refractivity contribution >= 4 is 62.6 Å². The lowest BCUT2D eigenvalue weighted by Gasteiger charge is -2.21. The number of benzene rings is 2. The second-order valence-electron chi connectivity index (χ2n) is 7.30. The number of carbonyl (C=O) groups excluding carboxylic acids is 1. The van der Waals surface area contributed by atoms with Crippen molar-refractivity contribution in [1.29, 1.82) is 0 Å². The van der Waals surface area contributed by atoms with Gasteiger partial charge in [0.1, 0.15) is 6.54 Å². The lowest BCUT2D eigenvalue weighted by atomic mass is 10.2. The summed E-state index contributed by atoms with van der Waals surface area (Å²) in [5.41, 5.74) is 6.08. The van der Waals surface area contributed by atoms with Gasteiger partial charge in [-0.15, -0.1) is 0 Å². The van der Waals surface area contributed by atoms with Gasteiger partial charge >= 0.3 is 0 Å². The summed E-state index contributed by atoms with van der Waals surface area (Å²) >= 11 is 18.1. The van der Waals surface area contributed by atoms with Crippen LogP contribution < -0.4 is 9.73 Å². The minimum Gasteiger partial charge on any atom is -0.318 e. The van der Waals surface area contributed by atoms with Crippen LogP contribution in [0.25, 0.3) is 5.69 Å². The van der Waals surface area contributed by atoms with Gasteiger partial charge in [0.25, 0.3) is 5.91 Å². The third-order valence-electron chi connectivity index (χ3n) is 4.81. The molecule has 0 saturated carbocycles. The number of amides is 1. The summed E-state index contributed by atoms with van der Waals surface area (Å²) in [4.78, 5) is 12.4. The fraction of sp³-hybridized carbons (Fsp3) is 0.182. The average molecular weight is 528 g/mol. The minimum absolute atomic E-state index is 0.286. The molecule has 0 spiro atoms. The Balaban J connectivity index is 1.75. The Morgan fingerprint density at radius 2 is 1.82 bits per heavy atom. The van der Waals surface area contributed by atoms with Crippen LogP contribution >= 0.6 is 34.8 Å². The molecule has 0 bridgehead atoms. The van der Waals surface area contributed by atoms with Crippen LogP contribution in [-0.4, -0.2) is 37.9 Å². The van der Waals surface area contributed by atoms with Crippen LogP contribution in [0.5, 0.6) is 0 Å². The smallest absolute Gasteiger partial charge is 0.260 e. The number of nitrogens with one attached hydrogen (secondary N) is 1. The Morgan fingerprint density at radius 3 is 2.45 bits per heavy atom. The SMILES string of the molecule is Cc1cc(/C=N\NC(=O)CN(c2cccc(Cl)c2)S(C)(=O)=O)c(C)n1-c1ccc(Cl)c(Cl)c1. The summed E-state index contributed by atoms with van der Waals surface area (Å²) in [6, 6.07) is 13.5. The van der Waals surface area contributed by atoms with E-state index in [9.17, 15) is 13.2 Å². The third kappa shape index (κ3) is 6.09. The van der Waals surface area contributed by atoms with E-state index in [2.05, 4.69) is 10.5 Å². The number of sulfonamides is 1. The van der Waals surface area contributed by atoms with Gasteiger partial charge in [-0.1, -0.05) is 40.9 Å². The maximum absolute atomic E-state index is 12.4. The second kappa shape index (κ2) is 10.2. The number of hydrogen-bond acceptors (Lipinski definition) is 4. The van der Waals surface area contributed by atoms with E-state index in [0.717, 1.165) is 33.2 Å². The Kier molecular flexibility index (Phi) is 7.74. The maximum atomic E-state index is 12.4. The molecule has 1 aromatic heterocycles. The molecule has 7 nitrogen and oxygen atoms in total. The Labute approximate surface area is 207 Å². The molecule has 0 aliphatic carbocycles. The monoisotopic (exact) mass is 526 g/mol. The summed E-state index contributed by atoms with van der Waals surface area (Å²) < 4.78 is 27.3. The van der Waals surface area contributed by atoms with Crippen LogP contribution in [0.1, 0.15) is 17.0 Å². The van der Waals surface area contributed by atoms with E-state index in [1.54, 1.807) is 30.3 Å². The predicted octanol–water partition coefficient (Wildman–Crippen LogP) is 4.97.